The molecule has 0 saturated carbocycles. The predicted molar refractivity (Wildman–Crippen MR) is 62.9 cm³/mol. The zero-order valence-corrected chi connectivity index (χ0v) is 9.10. The van der Waals surface area contributed by atoms with E-state index in [1.54, 1.807) is 0 Å². The molecular weight excluding hydrogens is 190 g/mol. The van der Waals surface area contributed by atoms with Crippen molar-refractivity contribution in [2.24, 2.45) is 0 Å². The summed E-state index contributed by atoms with van der Waals surface area (Å²) in [6, 6.07) is 10.7. The molecule has 0 N–H and O–H groups in total. The van der Waals surface area contributed by atoms with E-state index in [4.69, 9.17) is 5.26 Å². The van der Waals surface area contributed by atoms with Crippen LogP contribution in [0, 0.1) is 11.3 Å². The predicted octanol–water partition coefficient (Wildman–Crippen LogP) is 2.58. The fourth-order valence-electron chi connectivity index (χ4n) is 1.86. The Bertz CT molecular complexity index is 426. The van der Waals surface area contributed by atoms with Crippen molar-refractivity contribution in [3.63, 3.8) is 0 Å². The van der Waals surface area contributed by atoms with Crippen molar-refractivity contribution in [1.29, 1.82) is 5.26 Å². The van der Waals surface area contributed by atoms with Crippen LogP contribution in [0.2, 0.25) is 0 Å². The normalized spacial score (nSPS) is 20.0. The molecule has 1 aromatic carbocycles. The first kappa shape index (κ1) is 9.48. The maximum Gasteiger partial charge on any atom is 0.106 e. The number of nitriles is 1. The summed E-state index contributed by atoms with van der Waals surface area (Å²) >= 11 is 0. The number of fused-ring (bicyclic) bond motifs is 1. The fraction of sp³-hybridized carbons (Fsp3) is 0.333. The van der Waals surface area contributed by atoms with E-state index in [-0.39, 0.29) is 10.5 Å². The molecule has 1 unspecified atom stereocenters. The smallest absolute Gasteiger partial charge is 0.106 e. The third kappa shape index (κ3) is 1.49. The molecule has 0 amide bonds. The molecule has 0 radical (unpaired) electrons. The average Bonchev–Trinajstić information content (AvgIpc) is 2.27. The minimum absolute atomic E-state index is 0.205. The van der Waals surface area contributed by atoms with Gasteiger partial charge in [0, 0.05) is 5.56 Å². The van der Waals surface area contributed by atoms with Gasteiger partial charge in [-0.2, -0.15) is 15.7 Å². The maximum atomic E-state index is 9.16. The van der Waals surface area contributed by atoms with Crippen LogP contribution in [0.4, 0.5) is 0 Å². The molecule has 72 valence electrons. The second kappa shape index (κ2) is 3.98. The molecule has 2 heteroatoms. The first-order valence-corrected chi connectivity index (χ1v) is 6.46. The zero-order chi connectivity index (χ0) is 9.97. The molecule has 1 aliphatic rings. The summed E-state index contributed by atoms with van der Waals surface area (Å²) in [5.41, 5.74) is 2.55. The van der Waals surface area contributed by atoms with Gasteiger partial charge in [0.25, 0.3) is 0 Å². The molecular formula is C12H13NS. The molecule has 0 aliphatic carbocycles. The number of hydrogen-bond donors (Lipinski definition) is 0. The molecule has 0 aromatic heterocycles. The van der Waals surface area contributed by atoms with Crippen LogP contribution in [-0.4, -0.2) is 16.4 Å². The lowest BCUT2D eigenvalue weighted by molar-refractivity contribution is 1.14. The second-order valence-electron chi connectivity index (χ2n) is 3.33. The lowest BCUT2D eigenvalue weighted by atomic mass is 10.0. The number of benzene rings is 1. The minimum Gasteiger partial charge on any atom is -0.192 e. The Morgan fingerprint density at radius 3 is 2.93 bits per heavy atom. The van der Waals surface area contributed by atoms with Gasteiger partial charge in [0.15, 0.2) is 0 Å². The monoisotopic (exact) mass is 203 g/mol. The Balaban J connectivity index is 2.59. The molecule has 1 atom stereocenters. The van der Waals surface area contributed by atoms with Crippen LogP contribution in [0.1, 0.15) is 18.1 Å². The number of rotatable bonds is 1. The average molecular weight is 203 g/mol. The molecule has 1 heterocycles. The largest absolute Gasteiger partial charge is 0.192 e. The van der Waals surface area contributed by atoms with Crippen LogP contribution in [-0.2, 0) is 6.42 Å². The lowest BCUT2D eigenvalue weighted by Gasteiger charge is -2.19. The third-order valence-corrected chi connectivity index (χ3v) is 4.90. The highest BCUT2D eigenvalue weighted by Crippen LogP contribution is 2.28. The standard InChI is InChI=1S/C12H13NS/c1-2-14-8-7-10-5-3-4-6-11(10)12(14)9-13/h3-6H,2,7-8H2,1H3. The van der Waals surface area contributed by atoms with E-state index in [1.807, 2.05) is 6.07 Å². The van der Waals surface area contributed by atoms with Crippen molar-refractivity contribution in [3.8, 4) is 6.07 Å². The van der Waals surface area contributed by atoms with Crippen molar-refractivity contribution in [2.75, 3.05) is 11.5 Å². The Morgan fingerprint density at radius 1 is 1.43 bits per heavy atom. The number of hydrogen-bond acceptors (Lipinski definition) is 1. The van der Waals surface area contributed by atoms with Crippen molar-refractivity contribution < 1.29 is 0 Å². The highest BCUT2D eigenvalue weighted by Gasteiger charge is 2.15. The SMILES string of the molecule is CCS1=C(C#N)c2ccccc2CC1. The Kier molecular flexibility index (Phi) is 2.69. The van der Waals surface area contributed by atoms with Gasteiger partial charge in [-0.1, -0.05) is 31.2 Å². The summed E-state index contributed by atoms with van der Waals surface area (Å²) in [6.45, 7) is 2.17. The van der Waals surface area contributed by atoms with Gasteiger partial charge in [-0.25, -0.2) is 0 Å². The van der Waals surface area contributed by atoms with Gasteiger partial charge >= 0.3 is 0 Å². The van der Waals surface area contributed by atoms with E-state index in [0.29, 0.717) is 0 Å². The Morgan fingerprint density at radius 2 is 2.21 bits per heavy atom. The molecule has 2 rings (SSSR count). The number of aryl methyl sites for hydroxylation is 1. The first-order valence-electron chi connectivity index (χ1n) is 4.89. The topological polar surface area (TPSA) is 23.8 Å². The summed E-state index contributed by atoms with van der Waals surface area (Å²) in [4.78, 5) is 1.02. The van der Waals surface area contributed by atoms with Crippen LogP contribution < -0.4 is 0 Å². The minimum atomic E-state index is 0.205. The van der Waals surface area contributed by atoms with E-state index in [1.165, 1.54) is 11.1 Å². The molecule has 0 saturated heterocycles. The van der Waals surface area contributed by atoms with Crippen LogP contribution in [0.25, 0.3) is 0 Å². The van der Waals surface area contributed by atoms with E-state index < -0.39 is 0 Å². The summed E-state index contributed by atoms with van der Waals surface area (Å²) < 4.78 is 0. The second-order valence-corrected chi connectivity index (χ2v) is 5.71. The van der Waals surface area contributed by atoms with Crippen LogP contribution in [0.3, 0.4) is 0 Å². The quantitative estimate of drug-likeness (QED) is 0.644. The van der Waals surface area contributed by atoms with Crippen molar-refractivity contribution in [2.45, 2.75) is 13.3 Å². The highest BCUT2D eigenvalue weighted by molar-refractivity contribution is 8.16. The van der Waals surface area contributed by atoms with Gasteiger partial charge in [-0.05, 0) is 23.5 Å². The highest BCUT2D eigenvalue weighted by atomic mass is 32.2. The van der Waals surface area contributed by atoms with Gasteiger partial charge in [-0.15, -0.1) is 0 Å². The summed E-state index contributed by atoms with van der Waals surface area (Å²) in [6.07, 6.45) is 1.14. The van der Waals surface area contributed by atoms with Gasteiger partial charge in [0.2, 0.25) is 0 Å². The zero-order valence-electron chi connectivity index (χ0n) is 8.29. The van der Waals surface area contributed by atoms with Crippen LogP contribution in [0.15, 0.2) is 24.3 Å². The van der Waals surface area contributed by atoms with Crippen LogP contribution in [0.5, 0.6) is 0 Å². The molecule has 1 nitrogen and oxygen atoms in total. The van der Waals surface area contributed by atoms with Gasteiger partial charge in [0.1, 0.15) is 6.07 Å². The Hall–Kier alpha value is -1.07. The van der Waals surface area contributed by atoms with Crippen molar-refractivity contribution >= 4 is 15.3 Å². The van der Waals surface area contributed by atoms with Gasteiger partial charge < -0.3 is 0 Å². The molecule has 0 fully saturated rings. The molecule has 1 aromatic rings. The lowest BCUT2D eigenvalue weighted by Crippen LogP contribution is -2.12. The molecule has 0 bridgehead atoms. The summed E-state index contributed by atoms with van der Waals surface area (Å²) in [5.74, 6) is 2.27. The van der Waals surface area contributed by atoms with E-state index in [9.17, 15) is 0 Å². The third-order valence-electron chi connectivity index (χ3n) is 2.62. The maximum absolute atomic E-state index is 9.16. The number of nitrogens with zero attached hydrogens (tertiary/aromatic N) is 1. The van der Waals surface area contributed by atoms with Crippen molar-refractivity contribution in [1.82, 2.24) is 0 Å². The van der Waals surface area contributed by atoms with E-state index in [2.05, 4.69) is 31.2 Å². The van der Waals surface area contributed by atoms with E-state index >= 15 is 0 Å². The molecule has 14 heavy (non-hydrogen) atoms. The fourth-order valence-corrected chi connectivity index (χ4v) is 3.75. The van der Waals surface area contributed by atoms with Gasteiger partial charge in [-0.3, -0.25) is 0 Å². The van der Waals surface area contributed by atoms with Gasteiger partial charge in [0.05, 0.1) is 4.86 Å². The summed E-state index contributed by atoms with van der Waals surface area (Å²) in [5, 5.41) is 9.16. The Labute approximate surface area is 87.3 Å². The summed E-state index contributed by atoms with van der Waals surface area (Å²) in [7, 11) is 0.205. The van der Waals surface area contributed by atoms with E-state index in [0.717, 1.165) is 22.8 Å². The molecule has 1 aliphatic heterocycles. The van der Waals surface area contributed by atoms with Crippen LogP contribution >= 0.6 is 10.5 Å². The van der Waals surface area contributed by atoms with Crippen molar-refractivity contribution in [3.05, 3.63) is 35.4 Å². The first-order chi connectivity index (χ1) is 6.86. The molecule has 0 spiro atoms.